The van der Waals surface area contributed by atoms with Gasteiger partial charge in [0.1, 0.15) is 6.54 Å². The van der Waals surface area contributed by atoms with Crippen LogP contribution in [0.4, 0.5) is 5.69 Å². The number of benzene rings is 2. The average molecular weight is 417 g/mol. The number of nitrogens with one attached hydrogen (secondary N) is 1. The van der Waals surface area contributed by atoms with Gasteiger partial charge in [-0.25, -0.2) is 0 Å². The van der Waals surface area contributed by atoms with Gasteiger partial charge in [0.05, 0.1) is 11.6 Å². The van der Waals surface area contributed by atoms with Crippen molar-refractivity contribution < 1.29 is 9.59 Å². The highest BCUT2D eigenvalue weighted by molar-refractivity contribution is 5.93. The van der Waals surface area contributed by atoms with E-state index in [0.717, 1.165) is 35.3 Å². The average Bonchev–Trinajstić information content (AvgIpc) is 3.18. The van der Waals surface area contributed by atoms with Crippen molar-refractivity contribution in [1.29, 1.82) is 0 Å². The molecule has 1 aliphatic rings. The lowest BCUT2D eigenvalue weighted by Gasteiger charge is -2.32. The fourth-order valence-electron chi connectivity index (χ4n) is 4.05. The molecule has 2 amide bonds. The second-order valence-electron chi connectivity index (χ2n) is 8.27. The zero-order chi connectivity index (χ0) is 21.8. The number of amides is 2. The largest absolute Gasteiger partial charge is 0.340 e. The molecule has 1 saturated heterocycles. The summed E-state index contributed by atoms with van der Waals surface area (Å²) < 4.78 is 1.65. The quantitative estimate of drug-likeness (QED) is 0.682. The van der Waals surface area contributed by atoms with Gasteiger partial charge in [-0.05, 0) is 56.0 Å². The Bertz CT molecular complexity index is 1090. The predicted octanol–water partition coefficient (Wildman–Crippen LogP) is 4.04. The highest BCUT2D eigenvalue weighted by Gasteiger charge is 2.28. The van der Waals surface area contributed by atoms with Crippen LogP contribution in [0.3, 0.4) is 0 Å². The van der Waals surface area contributed by atoms with E-state index < -0.39 is 0 Å². The molecule has 160 valence electrons. The molecule has 0 aliphatic carbocycles. The second kappa shape index (κ2) is 9.16. The van der Waals surface area contributed by atoms with Gasteiger partial charge in [0.25, 0.3) is 0 Å². The maximum atomic E-state index is 12.9. The third-order valence-electron chi connectivity index (χ3n) is 5.70. The molecule has 2 heterocycles. The number of piperidine rings is 1. The van der Waals surface area contributed by atoms with E-state index in [1.165, 1.54) is 5.56 Å². The highest BCUT2D eigenvalue weighted by Crippen LogP contribution is 2.25. The number of carbonyl (C=O) groups excluding carboxylic acids is 2. The molecular weight excluding hydrogens is 388 g/mol. The van der Waals surface area contributed by atoms with E-state index in [1.807, 2.05) is 49.5 Å². The van der Waals surface area contributed by atoms with E-state index in [9.17, 15) is 9.59 Å². The molecule has 1 atom stereocenters. The van der Waals surface area contributed by atoms with Crippen LogP contribution in [0.25, 0.3) is 11.1 Å². The van der Waals surface area contributed by atoms with Gasteiger partial charge in [0, 0.05) is 25.0 Å². The molecule has 0 radical (unpaired) electrons. The Hall–Kier alpha value is -3.41. The van der Waals surface area contributed by atoms with Crippen molar-refractivity contribution in [2.24, 2.45) is 5.92 Å². The molecular formula is C25H28N4O2. The summed E-state index contributed by atoms with van der Waals surface area (Å²) in [5.74, 6) is -0.240. The van der Waals surface area contributed by atoms with Crippen molar-refractivity contribution in [3.63, 3.8) is 0 Å². The first-order valence-electron chi connectivity index (χ1n) is 10.7. The topological polar surface area (TPSA) is 67.2 Å². The smallest absolute Gasteiger partial charge is 0.244 e. The van der Waals surface area contributed by atoms with Gasteiger partial charge >= 0.3 is 0 Å². The van der Waals surface area contributed by atoms with Gasteiger partial charge < -0.3 is 10.2 Å². The van der Waals surface area contributed by atoms with Crippen LogP contribution in [0.5, 0.6) is 0 Å². The number of nitrogens with zero attached hydrogens (tertiary/aromatic N) is 3. The van der Waals surface area contributed by atoms with Crippen LogP contribution in [0, 0.1) is 19.8 Å². The van der Waals surface area contributed by atoms with Crippen LogP contribution in [0.15, 0.2) is 60.8 Å². The van der Waals surface area contributed by atoms with E-state index in [0.29, 0.717) is 13.1 Å². The molecule has 4 rings (SSSR count). The summed E-state index contributed by atoms with van der Waals surface area (Å²) in [6, 6.07) is 18.1. The lowest BCUT2D eigenvalue weighted by atomic mass is 9.96. The van der Waals surface area contributed by atoms with Crippen molar-refractivity contribution in [3.8, 4) is 11.1 Å². The Balaban J connectivity index is 1.39. The summed E-state index contributed by atoms with van der Waals surface area (Å²) in [7, 11) is 0. The lowest BCUT2D eigenvalue weighted by Crippen LogP contribution is -2.45. The molecule has 0 bridgehead atoms. The number of anilines is 1. The van der Waals surface area contributed by atoms with Crippen molar-refractivity contribution >= 4 is 17.5 Å². The predicted molar refractivity (Wildman–Crippen MR) is 122 cm³/mol. The molecule has 6 heteroatoms. The van der Waals surface area contributed by atoms with Crippen LogP contribution >= 0.6 is 0 Å². The van der Waals surface area contributed by atoms with Crippen LogP contribution in [0.2, 0.25) is 0 Å². The molecule has 3 aromatic rings. The third-order valence-corrected chi connectivity index (χ3v) is 5.70. The van der Waals surface area contributed by atoms with Crippen LogP contribution in [-0.2, 0) is 16.1 Å². The minimum absolute atomic E-state index is 0.00189. The van der Waals surface area contributed by atoms with E-state index in [4.69, 9.17) is 0 Å². The molecule has 0 unspecified atom stereocenters. The third kappa shape index (κ3) is 5.20. The zero-order valence-corrected chi connectivity index (χ0v) is 18.0. The minimum Gasteiger partial charge on any atom is -0.340 e. The fourth-order valence-corrected chi connectivity index (χ4v) is 4.05. The maximum Gasteiger partial charge on any atom is 0.244 e. The van der Waals surface area contributed by atoms with E-state index in [-0.39, 0.29) is 24.3 Å². The van der Waals surface area contributed by atoms with Crippen molar-refractivity contribution in [3.05, 3.63) is 72.1 Å². The molecule has 0 spiro atoms. The standard InChI is InChI=1S/C25H28N4O2/c1-18-6-3-7-20(14-18)21-8-4-10-23(15-21)26-25(31)22-9-5-12-28(16-22)24(30)17-29-13-11-19(2)27-29/h3-4,6-8,10-11,13-15,22H,5,9,12,16-17H2,1-2H3,(H,26,31)/t22-/m0/s1. The lowest BCUT2D eigenvalue weighted by molar-refractivity contribution is -0.135. The minimum atomic E-state index is -0.209. The molecule has 6 nitrogen and oxygen atoms in total. The van der Waals surface area contributed by atoms with Crippen molar-refractivity contribution in [1.82, 2.24) is 14.7 Å². The Morgan fingerprint density at radius 1 is 1.06 bits per heavy atom. The molecule has 1 aliphatic heterocycles. The fraction of sp³-hybridized carbons (Fsp3) is 0.320. The molecule has 2 aromatic carbocycles. The number of hydrogen-bond acceptors (Lipinski definition) is 3. The highest BCUT2D eigenvalue weighted by atomic mass is 16.2. The Kier molecular flexibility index (Phi) is 6.16. The number of rotatable bonds is 5. The summed E-state index contributed by atoms with van der Waals surface area (Å²) in [4.78, 5) is 27.4. The first-order valence-corrected chi connectivity index (χ1v) is 10.7. The summed E-state index contributed by atoms with van der Waals surface area (Å²) in [6.45, 7) is 5.31. The summed E-state index contributed by atoms with van der Waals surface area (Å²) in [5.41, 5.74) is 5.05. The number of aryl methyl sites for hydroxylation is 2. The van der Waals surface area contributed by atoms with E-state index in [1.54, 1.807) is 9.58 Å². The first kappa shape index (κ1) is 20.8. The van der Waals surface area contributed by atoms with Crippen LogP contribution in [0.1, 0.15) is 24.1 Å². The van der Waals surface area contributed by atoms with E-state index in [2.05, 4.69) is 35.5 Å². The second-order valence-corrected chi connectivity index (χ2v) is 8.27. The van der Waals surface area contributed by atoms with Gasteiger partial charge in [0.2, 0.25) is 11.8 Å². The van der Waals surface area contributed by atoms with Gasteiger partial charge in [-0.1, -0.05) is 42.0 Å². The van der Waals surface area contributed by atoms with Gasteiger partial charge in [0.15, 0.2) is 0 Å². The van der Waals surface area contributed by atoms with Gasteiger partial charge in [-0.2, -0.15) is 5.10 Å². The number of carbonyl (C=O) groups is 2. The van der Waals surface area contributed by atoms with Gasteiger partial charge in [-0.3, -0.25) is 14.3 Å². The Labute approximate surface area is 182 Å². The molecule has 0 saturated carbocycles. The maximum absolute atomic E-state index is 12.9. The summed E-state index contributed by atoms with van der Waals surface area (Å²) in [6.07, 6.45) is 3.42. The molecule has 1 aromatic heterocycles. The summed E-state index contributed by atoms with van der Waals surface area (Å²) >= 11 is 0. The molecule has 1 N–H and O–H groups in total. The summed E-state index contributed by atoms with van der Waals surface area (Å²) in [5, 5.41) is 7.34. The monoisotopic (exact) mass is 416 g/mol. The van der Waals surface area contributed by atoms with Crippen LogP contribution in [-0.4, -0.2) is 39.6 Å². The van der Waals surface area contributed by atoms with Crippen molar-refractivity contribution in [2.45, 2.75) is 33.2 Å². The van der Waals surface area contributed by atoms with Crippen LogP contribution < -0.4 is 5.32 Å². The normalized spacial score (nSPS) is 16.2. The Morgan fingerprint density at radius 3 is 2.58 bits per heavy atom. The number of hydrogen-bond donors (Lipinski definition) is 1. The zero-order valence-electron chi connectivity index (χ0n) is 18.0. The first-order chi connectivity index (χ1) is 15.0. The van der Waals surface area contributed by atoms with E-state index >= 15 is 0 Å². The van der Waals surface area contributed by atoms with Gasteiger partial charge in [-0.15, -0.1) is 0 Å². The Morgan fingerprint density at radius 2 is 1.84 bits per heavy atom. The SMILES string of the molecule is Cc1cccc(-c2cccc(NC(=O)[C@H]3CCCN(C(=O)Cn4ccc(C)n4)C3)c2)c1. The number of likely N-dealkylation sites (tertiary alicyclic amines) is 1. The van der Waals surface area contributed by atoms with Crippen molar-refractivity contribution in [2.75, 3.05) is 18.4 Å². The molecule has 31 heavy (non-hydrogen) atoms. The molecule has 1 fully saturated rings. The number of aromatic nitrogens is 2.